The van der Waals surface area contributed by atoms with Crippen LogP contribution in [0.25, 0.3) is 0 Å². The molecule has 0 atom stereocenters. The standard InChI is InChI=1S/C18H20N2O3S/c1-13-14(2)17(10-9-16(13)23-3)24(21,22)20-12-11-19-18(20)15-7-5-4-6-8-15/h4-10H,11-12H2,1-3H3. The molecular formula is C18H20N2O3S. The van der Waals surface area contributed by atoms with Crippen molar-refractivity contribution in [2.75, 3.05) is 20.2 Å². The first-order valence-electron chi connectivity index (χ1n) is 7.73. The molecule has 0 spiro atoms. The minimum Gasteiger partial charge on any atom is -0.496 e. The number of hydrogen-bond donors (Lipinski definition) is 0. The smallest absolute Gasteiger partial charge is 0.265 e. The molecule has 1 aliphatic rings. The Morgan fingerprint density at radius 1 is 1.04 bits per heavy atom. The van der Waals surface area contributed by atoms with Gasteiger partial charge < -0.3 is 4.74 Å². The average Bonchev–Trinajstić information content (AvgIpc) is 3.08. The number of nitrogens with zero attached hydrogens (tertiary/aromatic N) is 2. The third kappa shape index (κ3) is 2.67. The monoisotopic (exact) mass is 344 g/mol. The number of rotatable bonds is 4. The van der Waals surface area contributed by atoms with Crippen molar-refractivity contribution in [3.05, 3.63) is 59.2 Å². The van der Waals surface area contributed by atoms with E-state index in [4.69, 9.17) is 4.74 Å². The molecule has 24 heavy (non-hydrogen) atoms. The van der Waals surface area contributed by atoms with Crippen molar-refractivity contribution in [1.29, 1.82) is 0 Å². The molecule has 0 aromatic heterocycles. The van der Waals surface area contributed by atoms with Crippen LogP contribution in [0.2, 0.25) is 0 Å². The number of aliphatic imine (C=N–C) groups is 1. The number of ether oxygens (including phenoxy) is 1. The van der Waals surface area contributed by atoms with Crippen molar-refractivity contribution in [2.45, 2.75) is 18.7 Å². The lowest BCUT2D eigenvalue weighted by atomic mass is 10.1. The molecule has 1 heterocycles. The van der Waals surface area contributed by atoms with E-state index in [0.29, 0.717) is 35.1 Å². The van der Waals surface area contributed by atoms with E-state index in [2.05, 4.69) is 4.99 Å². The average molecular weight is 344 g/mol. The SMILES string of the molecule is COc1ccc(S(=O)(=O)N2CCN=C2c2ccccc2)c(C)c1C. The quantitative estimate of drug-likeness (QED) is 0.857. The van der Waals surface area contributed by atoms with Gasteiger partial charge in [-0.3, -0.25) is 4.99 Å². The molecule has 0 aliphatic carbocycles. The Bertz CT molecular complexity index is 890. The minimum atomic E-state index is -3.67. The second-order valence-electron chi connectivity index (χ2n) is 5.66. The van der Waals surface area contributed by atoms with Gasteiger partial charge in [0, 0.05) is 5.56 Å². The molecule has 2 aromatic carbocycles. The molecule has 1 aliphatic heterocycles. The van der Waals surface area contributed by atoms with Crippen LogP contribution in [-0.2, 0) is 10.0 Å². The maximum absolute atomic E-state index is 13.2. The van der Waals surface area contributed by atoms with Crippen molar-refractivity contribution in [3.8, 4) is 5.75 Å². The van der Waals surface area contributed by atoms with Gasteiger partial charge in [0.25, 0.3) is 10.0 Å². The summed E-state index contributed by atoms with van der Waals surface area (Å²) >= 11 is 0. The largest absolute Gasteiger partial charge is 0.496 e. The molecule has 5 nitrogen and oxygen atoms in total. The fraction of sp³-hybridized carbons (Fsp3) is 0.278. The van der Waals surface area contributed by atoms with Gasteiger partial charge >= 0.3 is 0 Å². The van der Waals surface area contributed by atoms with Crippen LogP contribution in [-0.4, -0.2) is 38.8 Å². The summed E-state index contributed by atoms with van der Waals surface area (Å²) in [5.41, 5.74) is 2.34. The molecule has 0 saturated carbocycles. The van der Waals surface area contributed by atoms with Gasteiger partial charge in [0.15, 0.2) is 0 Å². The minimum absolute atomic E-state index is 0.298. The van der Waals surface area contributed by atoms with Crippen LogP contribution in [0.4, 0.5) is 0 Å². The molecule has 2 aromatic rings. The number of methoxy groups -OCH3 is 1. The molecule has 0 bridgehead atoms. The molecule has 0 amide bonds. The number of amidine groups is 1. The summed E-state index contributed by atoms with van der Waals surface area (Å²) < 4.78 is 33.1. The second kappa shape index (κ2) is 6.28. The van der Waals surface area contributed by atoms with Crippen LogP contribution in [0, 0.1) is 13.8 Å². The van der Waals surface area contributed by atoms with E-state index >= 15 is 0 Å². The van der Waals surface area contributed by atoms with E-state index in [1.165, 1.54) is 4.31 Å². The van der Waals surface area contributed by atoms with E-state index in [1.807, 2.05) is 37.3 Å². The molecule has 6 heteroatoms. The van der Waals surface area contributed by atoms with Gasteiger partial charge in [0.2, 0.25) is 0 Å². The first kappa shape index (κ1) is 16.5. The lowest BCUT2D eigenvalue weighted by Gasteiger charge is -2.22. The van der Waals surface area contributed by atoms with E-state index in [0.717, 1.165) is 11.1 Å². The third-order valence-electron chi connectivity index (χ3n) is 4.31. The van der Waals surface area contributed by atoms with Crippen LogP contribution in [0.1, 0.15) is 16.7 Å². The zero-order chi connectivity index (χ0) is 17.3. The van der Waals surface area contributed by atoms with Gasteiger partial charge in [0.1, 0.15) is 11.6 Å². The summed E-state index contributed by atoms with van der Waals surface area (Å²) in [5.74, 6) is 1.19. The number of hydrogen-bond acceptors (Lipinski definition) is 4. The first-order chi connectivity index (χ1) is 11.5. The van der Waals surface area contributed by atoms with Gasteiger partial charge in [-0.05, 0) is 37.1 Å². The Morgan fingerprint density at radius 3 is 2.42 bits per heavy atom. The van der Waals surface area contributed by atoms with E-state index in [9.17, 15) is 8.42 Å². The van der Waals surface area contributed by atoms with Gasteiger partial charge in [0.05, 0.1) is 25.1 Å². The molecule has 0 unspecified atom stereocenters. The Morgan fingerprint density at radius 2 is 1.75 bits per heavy atom. The van der Waals surface area contributed by atoms with Crippen LogP contribution in [0.15, 0.2) is 52.4 Å². The molecule has 126 valence electrons. The van der Waals surface area contributed by atoms with Crippen LogP contribution >= 0.6 is 0 Å². The lowest BCUT2D eigenvalue weighted by molar-refractivity contribution is 0.410. The van der Waals surface area contributed by atoms with Gasteiger partial charge in [-0.2, -0.15) is 0 Å². The number of benzene rings is 2. The zero-order valence-corrected chi connectivity index (χ0v) is 14.8. The molecule has 0 radical (unpaired) electrons. The van der Waals surface area contributed by atoms with Crippen molar-refractivity contribution in [1.82, 2.24) is 4.31 Å². The zero-order valence-electron chi connectivity index (χ0n) is 14.0. The molecule has 0 N–H and O–H groups in total. The highest BCUT2D eigenvalue weighted by atomic mass is 32.2. The van der Waals surface area contributed by atoms with E-state index in [1.54, 1.807) is 26.2 Å². The summed E-state index contributed by atoms with van der Waals surface area (Å²) in [7, 11) is -2.09. The van der Waals surface area contributed by atoms with Crippen molar-refractivity contribution in [2.24, 2.45) is 4.99 Å². The third-order valence-corrected chi connectivity index (χ3v) is 6.24. The Labute approximate surface area is 142 Å². The molecule has 0 saturated heterocycles. The second-order valence-corrected chi connectivity index (χ2v) is 7.50. The van der Waals surface area contributed by atoms with Gasteiger partial charge in [-0.25, -0.2) is 12.7 Å². The van der Waals surface area contributed by atoms with Crippen molar-refractivity contribution in [3.63, 3.8) is 0 Å². The Hall–Kier alpha value is -2.34. The van der Waals surface area contributed by atoms with Crippen LogP contribution < -0.4 is 4.74 Å². The fourth-order valence-corrected chi connectivity index (χ4v) is 4.61. The summed E-state index contributed by atoms with van der Waals surface area (Å²) in [6, 6.07) is 12.7. The summed E-state index contributed by atoms with van der Waals surface area (Å²) in [5, 5.41) is 0. The highest BCUT2D eigenvalue weighted by molar-refractivity contribution is 7.89. The van der Waals surface area contributed by atoms with Crippen molar-refractivity contribution >= 4 is 15.9 Å². The molecule has 0 fully saturated rings. The fourth-order valence-electron chi connectivity index (χ4n) is 2.88. The maximum atomic E-state index is 13.2. The van der Waals surface area contributed by atoms with Gasteiger partial charge in [-0.15, -0.1) is 0 Å². The summed E-state index contributed by atoms with van der Waals surface area (Å²) in [6.07, 6.45) is 0. The summed E-state index contributed by atoms with van der Waals surface area (Å²) in [6.45, 7) is 4.50. The lowest BCUT2D eigenvalue weighted by Crippen LogP contribution is -2.35. The van der Waals surface area contributed by atoms with Crippen LogP contribution in [0.5, 0.6) is 5.75 Å². The molecule has 3 rings (SSSR count). The maximum Gasteiger partial charge on any atom is 0.265 e. The number of sulfonamides is 1. The highest BCUT2D eigenvalue weighted by Crippen LogP contribution is 2.30. The highest BCUT2D eigenvalue weighted by Gasteiger charge is 2.32. The first-order valence-corrected chi connectivity index (χ1v) is 9.17. The van der Waals surface area contributed by atoms with E-state index < -0.39 is 10.0 Å². The topological polar surface area (TPSA) is 59.0 Å². The Balaban J connectivity index is 2.06. The van der Waals surface area contributed by atoms with Crippen molar-refractivity contribution < 1.29 is 13.2 Å². The van der Waals surface area contributed by atoms with Crippen LogP contribution in [0.3, 0.4) is 0 Å². The van der Waals surface area contributed by atoms with Gasteiger partial charge in [-0.1, -0.05) is 30.3 Å². The summed E-state index contributed by atoms with van der Waals surface area (Å²) in [4.78, 5) is 4.70. The predicted molar refractivity (Wildman–Crippen MR) is 94.2 cm³/mol. The predicted octanol–water partition coefficient (Wildman–Crippen LogP) is 2.76. The normalized spacial score (nSPS) is 14.6. The molecular weight excluding hydrogens is 324 g/mol. The van der Waals surface area contributed by atoms with E-state index in [-0.39, 0.29) is 0 Å². The Kier molecular flexibility index (Phi) is 4.32.